The van der Waals surface area contributed by atoms with Crippen molar-refractivity contribution in [2.75, 3.05) is 24.0 Å². The molecule has 2 heterocycles. The van der Waals surface area contributed by atoms with Crippen LogP contribution >= 0.6 is 11.6 Å². The van der Waals surface area contributed by atoms with Gasteiger partial charge in [0.05, 0.1) is 48.8 Å². The molecule has 0 unspecified atom stereocenters. The van der Waals surface area contributed by atoms with Crippen molar-refractivity contribution in [3.8, 4) is 17.2 Å². The fourth-order valence-corrected chi connectivity index (χ4v) is 10.3. The largest absolute Gasteiger partial charge is 0.507 e. The van der Waals surface area contributed by atoms with E-state index in [-0.39, 0.29) is 30.4 Å². The molecule has 5 aromatic carbocycles. The van der Waals surface area contributed by atoms with Crippen LogP contribution in [-0.4, -0.2) is 43.0 Å². The van der Waals surface area contributed by atoms with Gasteiger partial charge in [0.15, 0.2) is 0 Å². The van der Waals surface area contributed by atoms with Crippen LogP contribution in [-0.2, 0) is 24.6 Å². The average molecular weight is 805 g/mol. The molecule has 9 rings (SSSR count). The molecule has 59 heavy (non-hydrogen) atoms. The Morgan fingerprint density at radius 1 is 0.746 bits per heavy atom. The monoisotopic (exact) mass is 804 g/mol. The number of fused-ring (bicyclic) bond motifs is 4. The lowest BCUT2D eigenvalue weighted by Crippen LogP contribution is -2.53. The maximum Gasteiger partial charge on any atom is 0.246 e. The Kier molecular flexibility index (Phi) is 9.51. The number of hydrogen-bond donors (Lipinski definition) is 1. The Bertz CT molecular complexity index is 2600. The topological polar surface area (TPSA) is 113 Å². The van der Waals surface area contributed by atoms with Crippen molar-refractivity contribution >= 4 is 58.8 Å². The fourth-order valence-electron chi connectivity index (χ4n) is 10.1. The first-order valence-corrected chi connectivity index (χ1v) is 20.0. The number of phenolic OH excluding ortho intramolecular Hbond substituents is 1. The van der Waals surface area contributed by atoms with Gasteiger partial charge in [-0.3, -0.25) is 24.1 Å². The molecular weight excluding hydrogens is 764 g/mol. The smallest absolute Gasteiger partial charge is 0.246 e. The van der Waals surface area contributed by atoms with Crippen molar-refractivity contribution < 1.29 is 33.8 Å². The third-order valence-corrected chi connectivity index (χ3v) is 13.0. The SMILES string of the molecule is COc1ccc(OC)c(C=Cc2ccc(N3C(=O)[C@H]4[C@H](CC=C5[C@H]4C[C@H]4C(=O)N(c6cccc(Cl)c6)C(=O)[C@@]4(c4ccccc4)[C@H]5c4cccc(C)c4O)C3=O)cc2)c1. The molecule has 6 atom stereocenters. The Balaban J connectivity index is 1.12. The van der Waals surface area contributed by atoms with Gasteiger partial charge in [-0.25, -0.2) is 4.90 Å². The van der Waals surface area contributed by atoms with Crippen LogP contribution in [0.2, 0.25) is 5.02 Å². The van der Waals surface area contributed by atoms with E-state index >= 15 is 9.59 Å². The number of rotatable bonds is 8. The molecule has 1 saturated carbocycles. The van der Waals surface area contributed by atoms with E-state index < -0.39 is 46.8 Å². The van der Waals surface area contributed by atoms with E-state index in [1.54, 1.807) is 69.7 Å². The van der Waals surface area contributed by atoms with Gasteiger partial charge in [0.2, 0.25) is 23.6 Å². The molecule has 0 radical (unpaired) electrons. The van der Waals surface area contributed by atoms with Gasteiger partial charge in [-0.15, -0.1) is 0 Å². The molecule has 9 nitrogen and oxygen atoms in total. The molecule has 1 N–H and O–H groups in total. The van der Waals surface area contributed by atoms with Crippen LogP contribution in [0.1, 0.15) is 46.6 Å². The van der Waals surface area contributed by atoms with E-state index in [0.29, 0.717) is 44.6 Å². The standard InChI is InChI=1S/C49H41ClN2O7/c1-28-9-7-14-38(44(28)53)43-36-22-23-37-42(47(56)51(45(37)54)33-19-16-29(17-20-33)15-18-30-25-35(58-2)21-24-41(30)59-3)39(36)27-40-46(55)52(34-13-8-12-32(50)26-34)48(57)49(40,43)31-10-5-4-6-11-31/h4-22,24-26,37,39-40,42-43,53H,23,27H2,1-3H3/t37-,39+,40-,42-,43+,49+/m0/s1. The number of nitrogens with zero attached hydrogens (tertiary/aromatic N) is 2. The number of amides is 4. The molecular formula is C49H41ClN2O7. The highest BCUT2D eigenvalue weighted by molar-refractivity contribution is 6.32. The molecule has 4 aliphatic rings. The van der Waals surface area contributed by atoms with Gasteiger partial charge in [0.25, 0.3) is 0 Å². The number of aryl methyl sites for hydroxylation is 1. The number of halogens is 1. The number of hydrogen-bond acceptors (Lipinski definition) is 7. The number of methoxy groups -OCH3 is 2. The summed E-state index contributed by atoms with van der Waals surface area (Å²) in [5.41, 5.74) is 3.50. The second-order valence-electron chi connectivity index (χ2n) is 15.7. The van der Waals surface area contributed by atoms with E-state index in [9.17, 15) is 14.7 Å². The molecule has 296 valence electrons. The number of carbonyl (C=O) groups excluding carboxylic acids is 4. The van der Waals surface area contributed by atoms with Gasteiger partial charge in [-0.2, -0.15) is 0 Å². The lowest BCUT2D eigenvalue weighted by molar-refractivity contribution is -0.127. The minimum atomic E-state index is -1.48. The van der Waals surface area contributed by atoms with Crippen LogP contribution < -0.4 is 19.3 Å². The summed E-state index contributed by atoms with van der Waals surface area (Å²) in [7, 11) is 3.21. The normalized spacial score (nSPS) is 24.9. The number of benzene rings is 5. The number of aromatic hydroxyl groups is 1. The van der Waals surface area contributed by atoms with E-state index in [1.807, 2.05) is 85.0 Å². The van der Waals surface area contributed by atoms with Crippen LogP contribution in [0.5, 0.6) is 17.2 Å². The third-order valence-electron chi connectivity index (χ3n) is 12.8. The van der Waals surface area contributed by atoms with Crippen molar-refractivity contribution in [1.82, 2.24) is 0 Å². The molecule has 4 amide bonds. The first-order valence-electron chi connectivity index (χ1n) is 19.6. The minimum absolute atomic E-state index is 0.0196. The van der Waals surface area contributed by atoms with Crippen molar-refractivity contribution in [1.29, 1.82) is 0 Å². The zero-order chi connectivity index (χ0) is 41.2. The van der Waals surface area contributed by atoms with Crippen molar-refractivity contribution in [3.63, 3.8) is 0 Å². The molecule has 3 fully saturated rings. The Labute approximate surface area is 347 Å². The second kappa shape index (κ2) is 14.7. The predicted molar refractivity (Wildman–Crippen MR) is 226 cm³/mol. The van der Waals surface area contributed by atoms with Crippen LogP contribution in [0.15, 0.2) is 127 Å². The molecule has 0 spiro atoms. The fraction of sp³-hybridized carbons (Fsp3) is 0.224. The average Bonchev–Trinajstić information content (AvgIpc) is 3.65. The van der Waals surface area contributed by atoms with Gasteiger partial charge in [-0.1, -0.05) is 102 Å². The number of ether oxygens (including phenoxy) is 2. The summed E-state index contributed by atoms with van der Waals surface area (Å²) >= 11 is 6.43. The van der Waals surface area contributed by atoms with Crippen LogP contribution in [0, 0.1) is 30.6 Å². The van der Waals surface area contributed by atoms with Gasteiger partial charge in [0, 0.05) is 22.1 Å². The van der Waals surface area contributed by atoms with Crippen molar-refractivity contribution in [2.24, 2.45) is 23.7 Å². The zero-order valence-corrected chi connectivity index (χ0v) is 33.4. The van der Waals surface area contributed by atoms with E-state index in [0.717, 1.165) is 16.7 Å². The Morgan fingerprint density at radius 2 is 1.51 bits per heavy atom. The summed E-state index contributed by atoms with van der Waals surface area (Å²) in [5, 5.41) is 12.2. The summed E-state index contributed by atoms with van der Waals surface area (Å²) in [6.45, 7) is 1.80. The number of para-hydroxylation sites is 1. The maximum atomic E-state index is 15.4. The predicted octanol–water partition coefficient (Wildman–Crippen LogP) is 8.91. The first-order chi connectivity index (χ1) is 28.6. The summed E-state index contributed by atoms with van der Waals surface area (Å²) in [5.74, 6) is -3.87. The van der Waals surface area contributed by atoms with E-state index in [4.69, 9.17) is 21.1 Å². The lowest BCUT2D eigenvalue weighted by atomic mass is 9.49. The summed E-state index contributed by atoms with van der Waals surface area (Å²) in [6, 6.07) is 34.2. The number of phenols is 1. The molecule has 0 aromatic heterocycles. The molecule has 2 aliphatic heterocycles. The van der Waals surface area contributed by atoms with Gasteiger partial charge in [0.1, 0.15) is 17.2 Å². The van der Waals surface area contributed by atoms with Gasteiger partial charge < -0.3 is 14.6 Å². The first kappa shape index (κ1) is 38.1. The van der Waals surface area contributed by atoms with Gasteiger partial charge in [-0.05, 0) is 90.9 Å². The molecule has 2 saturated heterocycles. The van der Waals surface area contributed by atoms with Crippen molar-refractivity contribution in [2.45, 2.75) is 31.1 Å². The molecule has 2 aliphatic carbocycles. The number of imide groups is 2. The highest BCUT2D eigenvalue weighted by Gasteiger charge is 2.70. The number of anilines is 2. The highest BCUT2D eigenvalue weighted by atomic mass is 35.5. The maximum absolute atomic E-state index is 15.4. The Hall–Kier alpha value is -6.45. The van der Waals surface area contributed by atoms with Crippen LogP contribution in [0.3, 0.4) is 0 Å². The summed E-state index contributed by atoms with van der Waals surface area (Å²) in [6.07, 6.45) is 6.23. The minimum Gasteiger partial charge on any atom is -0.507 e. The third kappa shape index (κ3) is 5.89. The van der Waals surface area contributed by atoms with E-state index in [2.05, 4.69) is 0 Å². The van der Waals surface area contributed by atoms with Gasteiger partial charge >= 0.3 is 0 Å². The van der Waals surface area contributed by atoms with Crippen LogP contribution in [0.4, 0.5) is 11.4 Å². The molecule has 10 heteroatoms. The van der Waals surface area contributed by atoms with Crippen LogP contribution in [0.25, 0.3) is 12.2 Å². The van der Waals surface area contributed by atoms with Crippen molar-refractivity contribution in [3.05, 3.63) is 160 Å². The Morgan fingerprint density at radius 3 is 2.24 bits per heavy atom. The molecule has 5 aromatic rings. The zero-order valence-electron chi connectivity index (χ0n) is 32.7. The number of carbonyl (C=O) groups is 4. The summed E-state index contributed by atoms with van der Waals surface area (Å²) in [4.78, 5) is 62.1. The molecule has 0 bridgehead atoms. The number of allylic oxidation sites excluding steroid dienone is 2. The lowest BCUT2D eigenvalue weighted by Gasteiger charge is -2.50. The van der Waals surface area contributed by atoms with E-state index in [1.165, 1.54) is 9.80 Å². The second-order valence-corrected chi connectivity index (χ2v) is 16.1. The summed E-state index contributed by atoms with van der Waals surface area (Å²) < 4.78 is 10.9. The highest BCUT2D eigenvalue weighted by Crippen LogP contribution is 2.65. The quantitative estimate of drug-likeness (QED) is 0.0947.